The molecule has 0 aliphatic heterocycles. The van der Waals surface area contributed by atoms with Gasteiger partial charge in [-0.3, -0.25) is 4.79 Å². The van der Waals surface area contributed by atoms with E-state index in [0.29, 0.717) is 23.1 Å². The number of hydrogen-bond donors (Lipinski definition) is 2. The summed E-state index contributed by atoms with van der Waals surface area (Å²) in [5.41, 5.74) is -0.672. The largest absolute Gasteiger partial charge is 0.466 e. The van der Waals surface area contributed by atoms with Crippen molar-refractivity contribution in [3.05, 3.63) is 53.1 Å². The number of carbonyl (C=O) groups excluding carboxylic acids is 1. The lowest BCUT2D eigenvalue weighted by atomic mass is 10.0. The minimum absolute atomic E-state index is 0.0496. The number of aryl methyl sites for hydroxylation is 1. The molecular formula is C17H18N2O4S. The number of thiophene rings is 1. The van der Waals surface area contributed by atoms with Crippen molar-refractivity contribution in [3.63, 3.8) is 0 Å². The number of amides is 1. The fourth-order valence-corrected chi connectivity index (χ4v) is 2.90. The van der Waals surface area contributed by atoms with Gasteiger partial charge >= 0.3 is 0 Å². The highest BCUT2D eigenvalue weighted by molar-refractivity contribution is 7.13. The molecule has 0 aliphatic rings. The first-order valence-electron chi connectivity index (χ1n) is 7.49. The van der Waals surface area contributed by atoms with Gasteiger partial charge in [-0.2, -0.15) is 0 Å². The molecule has 24 heavy (non-hydrogen) atoms. The fraction of sp³-hybridized carbons (Fsp3) is 0.294. The van der Waals surface area contributed by atoms with Crippen LogP contribution in [-0.2, 0) is 16.8 Å². The first-order valence-corrected chi connectivity index (χ1v) is 8.37. The zero-order chi connectivity index (χ0) is 17.2. The van der Waals surface area contributed by atoms with Crippen LogP contribution in [0.2, 0.25) is 0 Å². The number of nitrogens with one attached hydrogen (secondary N) is 1. The van der Waals surface area contributed by atoms with Gasteiger partial charge < -0.3 is 19.3 Å². The summed E-state index contributed by atoms with van der Waals surface area (Å²) in [5, 5.41) is 15.0. The molecule has 1 unspecified atom stereocenters. The third-order valence-electron chi connectivity index (χ3n) is 3.63. The van der Waals surface area contributed by atoms with Crippen LogP contribution in [0.1, 0.15) is 24.1 Å². The SMILES string of the molecule is Cc1oc(-c2cccs2)nc1CC(=O)NCC(C)(O)c1ccco1. The lowest BCUT2D eigenvalue weighted by Crippen LogP contribution is -2.39. The predicted molar refractivity (Wildman–Crippen MR) is 89.5 cm³/mol. The van der Waals surface area contributed by atoms with Crippen molar-refractivity contribution in [1.29, 1.82) is 0 Å². The Morgan fingerprint density at radius 3 is 2.92 bits per heavy atom. The van der Waals surface area contributed by atoms with Gasteiger partial charge in [0, 0.05) is 0 Å². The van der Waals surface area contributed by atoms with Crippen molar-refractivity contribution in [2.24, 2.45) is 0 Å². The summed E-state index contributed by atoms with van der Waals surface area (Å²) in [5.74, 6) is 1.30. The molecule has 6 nitrogen and oxygen atoms in total. The maximum atomic E-state index is 12.1. The van der Waals surface area contributed by atoms with Gasteiger partial charge in [-0.15, -0.1) is 11.3 Å². The lowest BCUT2D eigenvalue weighted by molar-refractivity contribution is -0.121. The molecule has 0 spiro atoms. The van der Waals surface area contributed by atoms with Crippen LogP contribution >= 0.6 is 11.3 Å². The molecule has 3 rings (SSSR count). The molecule has 0 fully saturated rings. The predicted octanol–water partition coefficient (Wildman–Crippen LogP) is 2.87. The molecule has 7 heteroatoms. The number of oxazole rings is 1. The van der Waals surface area contributed by atoms with Crippen LogP contribution in [0.3, 0.4) is 0 Å². The molecule has 2 N–H and O–H groups in total. The second-order valence-electron chi connectivity index (χ2n) is 5.70. The Morgan fingerprint density at radius 1 is 1.42 bits per heavy atom. The van der Waals surface area contributed by atoms with Crippen molar-refractivity contribution in [2.75, 3.05) is 6.54 Å². The van der Waals surface area contributed by atoms with Crippen LogP contribution < -0.4 is 5.32 Å². The summed E-state index contributed by atoms with van der Waals surface area (Å²) < 4.78 is 10.8. The van der Waals surface area contributed by atoms with Gasteiger partial charge in [-0.05, 0) is 37.4 Å². The Balaban J connectivity index is 1.61. The van der Waals surface area contributed by atoms with Gasteiger partial charge in [-0.1, -0.05) is 6.07 Å². The first-order chi connectivity index (χ1) is 11.5. The van der Waals surface area contributed by atoms with E-state index in [-0.39, 0.29) is 18.9 Å². The molecule has 0 bridgehead atoms. The number of carbonyl (C=O) groups is 1. The molecule has 126 valence electrons. The highest BCUT2D eigenvalue weighted by Gasteiger charge is 2.27. The third kappa shape index (κ3) is 3.58. The van der Waals surface area contributed by atoms with Crippen molar-refractivity contribution in [1.82, 2.24) is 10.3 Å². The summed E-state index contributed by atoms with van der Waals surface area (Å²) in [6.07, 6.45) is 1.57. The van der Waals surface area contributed by atoms with Crippen LogP contribution in [0.25, 0.3) is 10.8 Å². The highest BCUT2D eigenvalue weighted by Crippen LogP contribution is 2.26. The van der Waals surface area contributed by atoms with Crippen LogP contribution in [0.15, 0.2) is 44.7 Å². The molecule has 0 saturated heterocycles. The second-order valence-corrected chi connectivity index (χ2v) is 6.65. The van der Waals surface area contributed by atoms with Gasteiger partial charge in [0.05, 0.1) is 29.8 Å². The molecule has 1 amide bonds. The minimum atomic E-state index is -1.26. The van der Waals surface area contributed by atoms with Crippen molar-refractivity contribution >= 4 is 17.2 Å². The van der Waals surface area contributed by atoms with E-state index < -0.39 is 5.60 Å². The summed E-state index contributed by atoms with van der Waals surface area (Å²) in [6.45, 7) is 3.42. The van der Waals surface area contributed by atoms with E-state index in [0.717, 1.165) is 4.88 Å². The average molecular weight is 346 g/mol. The maximum Gasteiger partial charge on any atom is 0.236 e. The van der Waals surface area contributed by atoms with E-state index in [2.05, 4.69) is 10.3 Å². The van der Waals surface area contributed by atoms with E-state index in [1.165, 1.54) is 17.6 Å². The van der Waals surface area contributed by atoms with E-state index >= 15 is 0 Å². The second kappa shape index (κ2) is 6.62. The quantitative estimate of drug-likeness (QED) is 0.716. The normalized spacial score (nSPS) is 13.6. The van der Waals surface area contributed by atoms with Gasteiger partial charge in [0.25, 0.3) is 0 Å². The average Bonchev–Trinajstić information content (AvgIpc) is 3.28. The number of aliphatic hydroxyl groups is 1. The standard InChI is InChI=1S/C17H18N2O4S/c1-11-12(19-16(23-11)13-5-4-8-24-13)9-15(20)18-10-17(2,21)14-6-3-7-22-14/h3-8,21H,9-10H2,1-2H3,(H,18,20). The Morgan fingerprint density at radius 2 is 2.25 bits per heavy atom. The van der Waals surface area contributed by atoms with Crippen LogP contribution in [-0.4, -0.2) is 22.5 Å². The number of aromatic nitrogens is 1. The molecule has 3 aromatic heterocycles. The van der Waals surface area contributed by atoms with Gasteiger partial charge in [0.15, 0.2) is 0 Å². The molecule has 0 radical (unpaired) electrons. The number of hydrogen-bond acceptors (Lipinski definition) is 6. The zero-order valence-electron chi connectivity index (χ0n) is 13.4. The smallest absolute Gasteiger partial charge is 0.236 e. The Hall–Kier alpha value is -2.38. The van der Waals surface area contributed by atoms with E-state index in [9.17, 15) is 9.90 Å². The third-order valence-corrected chi connectivity index (χ3v) is 4.49. The van der Waals surface area contributed by atoms with Gasteiger partial charge in [-0.25, -0.2) is 4.98 Å². The van der Waals surface area contributed by atoms with Crippen LogP contribution in [0, 0.1) is 6.92 Å². The molecule has 3 aromatic rings. The van der Waals surface area contributed by atoms with E-state index in [1.54, 1.807) is 26.0 Å². The monoisotopic (exact) mass is 346 g/mol. The summed E-state index contributed by atoms with van der Waals surface area (Å²) >= 11 is 1.53. The maximum absolute atomic E-state index is 12.1. The fourth-order valence-electron chi connectivity index (χ4n) is 2.26. The van der Waals surface area contributed by atoms with Gasteiger partial charge in [0.1, 0.15) is 17.1 Å². The lowest BCUT2D eigenvalue weighted by Gasteiger charge is -2.21. The zero-order valence-corrected chi connectivity index (χ0v) is 14.2. The van der Waals surface area contributed by atoms with Crippen molar-refractivity contribution in [2.45, 2.75) is 25.9 Å². The summed E-state index contributed by atoms with van der Waals surface area (Å²) in [6, 6.07) is 7.20. The molecule has 0 aliphatic carbocycles. The summed E-state index contributed by atoms with van der Waals surface area (Å²) in [7, 11) is 0. The summed E-state index contributed by atoms with van der Waals surface area (Å²) in [4.78, 5) is 17.5. The Bertz CT molecular complexity index is 804. The molecular weight excluding hydrogens is 328 g/mol. The minimum Gasteiger partial charge on any atom is -0.466 e. The number of rotatable bonds is 6. The number of nitrogens with zero attached hydrogens (tertiary/aromatic N) is 1. The van der Waals surface area contributed by atoms with Crippen LogP contribution in [0.5, 0.6) is 0 Å². The Labute approximate surface area is 143 Å². The topological polar surface area (TPSA) is 88.5 Å². The molecule has 0 aromatic carbocycles. The Kier molecular flexibility index (Phi) is 4.55. The highest BCUT2D eigenvalue weighted by atomic mass is 32.1. The van der Waals surface area contributed by atoms with Crippen molar-refractivity contribution in [3.8, 4) is 10.8 Å². The van der Waals surface area contributed by atoms with Crippen molar-refractivity contribution < 1.29 is 18.7 Å². The molecule has 3 heterocycles. The van der Waals surface area contributed by atoms with E-state index in [4.69, 9.17) is 8.83 Å². The molecule has 0 saturated carbocycles. The first kappa shape index (κ1) is 16.5. The number of furan rings is 1. The van der Waals surface area contributed by atoms with Gasteiger partial charge in [0.2, 0.25) is 11.8 Å². The van der Waals surface area contributed by atoms with E-state index in [1.807, 2.05) is 17.5 Å². The van der Waals surface area contributed by atoms with Crippen LogP contribution in [0.4, 0.5) is 0 Å². The molecule has 1 atom stereocenters.